The van der Waals surface area contributed by atoms with Gasteiger partial charge in [-0.2, -0.15) is 0 Å². The first-order chi connectivity index (χ1) is 18.5. The summed E-state index contributed by atoms with van der Waals surface area (Å²) in [6.07, 6.45) is 5.48. The number of nitrogens with one attached hydrogen (secondary N) is 1. The van der Waals surface area contributed by atoms with Gasteiger partial charge in [-0.25, -0.2) is 4.79 Å². The van der Waals surface area contributed by atoms with Crippen LogP contribution in [0.25, 0.3) is 10.9 Å². The summed E-state index contributed by atoms with van der Waals surface area (Å²) in [6.45, 7) is 0.232. The minimum Gasteiger partial charge on any atom is -0.492 e. The molecule has 5 rings (SSSR count). The van der Waals surface area contributed by atoms with E-state index >= 15 is 0 Å². The van der Waals surface area contributed by atoms with Gasteiger partial charge in [-0.05, 0) is 60.5 Å². The first kappa shape index (κ1) is 26.2. The highest BCUT2D eigenvalue weighted by Gasteiger charge is 2.38. The van der Waals surface area contributed by atoms with Crippen molar-refractivity contribution in [2.45, 2.75) is 12.5 Å². The van der Waals surface area contributed by atoms with E-state index in [9.17, 15) is 15.0 Å². The van der Waals surface area contributed by atoms with Crippen LogP contribution in [0.1, 0.15) is 17.3 Å². The summed E-state index contributed by atoms with van der Waals surface area (Å²) in [5.41, 5.74) is 2.92. The van der Waals surface area contributed by atoms with Crippen LogP contribution in [-0.4, -0.2) is 52.6 Å². The molecule has 2 unspecified atom stereocenters. The fourth-order valence-electron chi connectivity index (χ4n) is 4.69. The molecular formula is C29H26Cl2N2O5. The summed E-state index contributed by atoms with van der Waals surface area (Å²) in [6, 6.07) is 11.9. The van der Waals surface area contributed by atoms with Gasteiger partial charge in [0.1, 0.15) is 11.5 Å². The topological polar surface area (TPSA) is 95.0 Å². The van der Waals surface area contributed by atoms with Crippen LogP contribution in [0.2, 0.25) is 10.0 Å². The second-order valence-corrected chi connectivity index (χ2v) is 10.1. The third-order valence-electron chi connectivity index (χ3n) is 6.66. The Kier molecular flexibility index (Phi) is 7.96. The van der Waals surface area contributed by atoms with E-state index in [0.717, 1.165) is 22.2 Å². The number of hydrogen-bond acceptors (Lipinski definition) is 5. The highest BCUT2D eigenvalue weighted by Crippen LogP contribution is 2.40. The van der Waals surface area contributed by atoms with Crippen LogP contribution in [-0.2, 0) is 11.2 Å². The molecular weight excluding hydrogens is 527 g/mol. The molecule has 1 aromatic heterocycles. The lowest BCUT2D eigenvalue weighted by molar-refractivity contribution is 0.0807. The van der Waals surface area contributed by atoms with Crippen molar-refractivity contribution in [2.24, 2.45) is 11.8 Å². The molecule has 2 aliphatic rings. The Hall–Kier alpha value is -3.41. The molecule has 0 radical (unpaired) electrons. The summed E-state index contributed by atoms with van der Waals surface area (Å²) in [4.78, 5) is 18.7. The lowest BCUT2D eigenvalue weighted by Gasteiger charge is -2.37. The zero-order valence-corrected chi connectivity index (χ0v) is 21.9. The van der Waals surface area contributed by atoms with Gasteiger partial charge in [0.25, 0.3) is 0 Å². The molecule has 2 heterocycles. The number of H-pyrrole nitrogens is 1. The quantitative estimate of drug-likeness (QED) is 0.347. The molecule has 1 aliphatic heterocycles. The highest BCUT2D eigenvalue weighted by atomic mass is 35.5. The van der Waals surface area contributed by atoms with Gasteiger partial charge >= 0.3 is 6.09 Å². The Balaban J connectivity index is 1.46. The van der Waals surface area contributed by atoms with Gasteiger partial charge in [-0.15, -0.1) is 0 Å². The molecule has 196 valence electrons. The molecule has 0 spiro atoms. The first-order valence-corrected chi connectivity index (χ1v) is 13.0. The Labute approximate surface area is 230 Å². The third kappa shape index (κ3) is 5.54. The van der Waals surface area contributed by atoms with Gasteiger partial charge in [0.15, 0.2) is 0 Å². The Bertz CT molecular complexity index is 1450. The molecule has 2 atom stereocenters. The van der Waals surface area contributed by atoms with Crippen LogP contribution in [0.15, 0.2) is 66.5 Å². The number of rotatable bonds is 7. The van der Waals surface area contributed by atoms with Crippen molar-refractivity contribution in [3.8, 4) is 17.6 Å². The average molecular weight is 553 g/mol. The van der Waals surface area contributed by atoms with E-state index in [4.69, 9.17) is 32.7 Å². The van der Waals surface area contributed by atoms with Crippen LogP contribution >= 0.6 is 23.2 Å². The zero-order valence-electron chi connectivity index (χ0n) is 20.4. The fraction of sp³-hybridized carbons (Fsp3) is 0.276. The third-order valence-corrected chi connectivity index (χ3v) is 7.15. The van der Waals surface area contributed by atoms with Crippen molar-refractivity contribution >= 4 is 40.2 Å². The van der Waals surface area contributed by atoms with Crippen molar-refractivity contribution in [2.75, 3.05) is 26.4 Å². The second kappa shape index (κ2) is 11.5. The predicted molar refractivity (Wildman–Crippen MR) is 146 cm³/mol. The van der Waals surface area contributed by atoms with E-state index < -0.39 is 12.1 Å². The SMILES string of the molecule is O=C(Oc1ccc(Cl)cc1)N1CCc2c([nH]c3ccc(Cl)cc23)C1C1C#CC=C(OCC(CO)CO)C=C1. The van der Waals surface area contributed by atoms with Gasteiger partial charge in [0.05, 0.1) is 31.8 Å². The van der Waals surface area contributed by atoms with E-state index in [1.807, 2.05) is 24.3 Å². The molecule has 1 amide bonds. The molecule has 3 aromatic rings. The van der Waals surface area contributed by atoms with Crippen LogP contribution in [0, 0.1) is 23.7 Å². The Morgan fingerprint density at radius 3 is 2.66 bits per heavy atom. The van der Waals surface area contributed by atoms with E-state index in [-0.39, 0.29) is 31.7 Å². The molecule has 0 fully saturated rings. The number of aromatic amines is 1. The number of aliphatic hydroxyl groups is 2. The first-order valence-electron chi connectivity index (χ1n) is 12.2. The van der Waals surface area contributed by atoms with Gasteiger partial charge in [-0.3, -0.25) is 4.90 Å². The van der Waals surface area contributed by atoms with Crippen LogP contribution in [0.3, 0.4) is 0 Å². The number of nitrogens with zero attached hydrogens (tertiary/aromatic N) is 1. The number of hydrogen-bond donors (Lipinski definition) is 3. The molecule has 1 aliphatic carbocycles. The molecule has 3 N–H and O–H groups in total. The smallest absolute Gasteiger partial charge is 0.415 e. The minimum atomic E-state index is -0.489. The van der Waals surface area contributed by atoms with Crippen molar-refractivity contribution < 1.29 is 24.5 Å². The molecule has 0 saturated carbocycles. The van der Waals surface area contributed by atoms with Crippen LogP contribution in [0.5, 0.6) is 5.75 Å². The second-order valence-electron chi connectivity index (χ2n) is 9.18. The maximum absolute atomic E-state index is 13.5. The zero-order chi connectivity index (χ0) is 26.6. The number of allylic oxidation sites excluding steroid dienone is 2. The molecule has 0 bridgehead atoms. The lowest BCUT2D eigenvalue weighted by atomic mass is 9.88. The number of halogens is 2. The fourth-order valence-corrected chi connectivity index (χ4v) is 4.98. The number of carbonyl (C=O) groups excluding carboxylic acids is 1. The molecule has 0 saturated heterocycles. The number of aromatic nitrogens is 1. The summed E-state index contributed by atoms with van der Waals surface area (Å²) < 4.78 is 11.5. The summed E-state index contributed by atoms with van der Waals surface area (Å²) >= 11 is 12.3. The summed E-state index contributed by atoms with van der Waals surface area (Å²) in [5, 5.41) is 20.9. The highest BCUT2D eigenvalue weighted by molar-refractivity contribution is 6.31. The van der Waals surface area contributed by atoms with E-state index in [0.29, 0.717) is 34.5 Å². The van der Waals surface area contributed by atoms with E-state index in [2.05, 4.69) is 16.8 Å². The van der Waals surface area contributed by atoms with Gasteiger partial charge in [-0.1, -0.05) is 41.1 Å². The average Bonchev–Trinajstić information content (AvgIpc) is 3.12. The standard InChI is InChI=1S/C29H26Cl2N2O5/c30-20-5-9-23(10-6-20)38-29(36)33-13-12-24-25-14-21(31)7-11-26(25)32-27(24)28(33)19-2-1-3-22(8-4-19)37-17-18(15-34)16-35/h3-11,14,18-19,28,32,34-35H,12-13,15-17H2. The predicted octanol–water partition coefficient (Wildman–Crippen LogP) is 5.26. The number of ether oxygens (including phenoxy) is 2. The van der Waals surface area contributed by atoms with Crippen molar-refractivity contribution in [3.63, 3.8) is 0 Å². The Morgan fingerprint density at radius 1 is 1.13 bits per heavy atom. The van der Waals surface area contributed by atoms with Crippen molar-refractivity contribution in [3.05, 3.63) is 87.8 Å². The van der Waals surface area contributed by atoms with Crippen LogP contribution < -0.4 is 4.74 Å². The summed E-state index contributed by atoms with van der Waals surface area (Å²) in [7, 11) is 0. The maximum Gasteiger partial charge on any atom is 0.415 e. The van der Waals surface area contributed by atoms with Gasteiger partial charge in [0, 0.05) is 45.2 Å². The molecule has 2 aromatic carbocycles. The molecule has 38 heavy (non-hydrogen) atoms. The maximum atomic E-state index is 13.5. The largest absolute Gasteiger partial charge is 0.492 e. The van der Waals surface area contributed by atoms with Gasteiger partial charge < -0.3 is 24.7 Å². The number of aliphatic hydroxyl groups excluding tert-OH is 2. The summed E-state index contributed by atoms with van der Waals surface area (Å²) in [5.74, 6) is 6.44. The number of amides is 1. The minimum absolute atomic E-state index is 0.158. The lowest BCUT2D eigenvalue weighted by Crippen LogP contribution is -2.44. The monoisotopic (exact) mass is 552 g/mol. The van der Waals surface area contributed by atoms with Crippen LogP contribution in [0.4, 0.5) is 4.79 Å². The van der Waals surface area contributed by atoms with E-state index in [1.165, 1.54) is 0 Å². The Morgan fingerprint density at radius 2 is 1.89 bits per heavy atom. The van der Waals surface area contributed by atoms with E-state index in [1.54, 1.807) is 41.3 Å². The molecule has 7 nitrogen and oxygen atoms in total. The normalized spacial score (nSPS) is 18.4. The van der Waals surface area contributed by atoms with Gasteiger partial charge in [0.2, 0.25) is 0 Å². The number of fused-ring (bicyclic) bond motifs is 3. The number of benzene rings is 2. The number of carbonyl (C=O) groups is 1. The molecule has 9 heteroatoms. The van der Waals surface area contributed by atoms with Crippen molar-refractivity contribution in [1.29, 1.82) is 0 Å². The van der Waals surface area contributed by atoms with Crippen molar-refractivity contribution in [1.82, 2.24) is 9.88 Å².